The minimum atomic E-state index is -3.77. The van der Waals surface area contributed by atoms with Crippen LogP contribution >= 0.6 is 0 Å². The van der Waals surface area contributed by atoms with Gasteiger partial charge in [-0.2, -0.15) is 0 Å². The van der Waals surface area contributed by atoms with E-state index in [4.69, 9.17) is 0 Å². The van der Waals surface area contributed by atoms with Crippen molar-refractivity contribution in [3.05, 3.63) is 65.2 Å². The molecule has 228 valence electrons. The zero-order chi connectivity index (χ0) is 30.4. The summed E-state index contributed by atoms with van der Waals surface area (Å²) in [6, 6.07) is 14.9. The molecule has 42 heavy (non-hydrogen) atoms. The smallest absolute Gasteiger partial charge is 0.244 e. The van der Waals surface area contributed by atoms with E-state index in [2.05, 4.69) is 17.4 Å². The zero-order valence-corrected chi connectivity index (χ0v) is 26.8. The molecule has 2 aromatic carbocycles. The lowest BCUT2D eigenvalue weighted by Crippen LogP contribution is -2.54. The van der Waals surface area contributed by atoms with Gasteiger partial charge in [-0.3, -0.25) is 13.9 Å². The number of rotatable bonds is 9. The van der Waals surface area contributed by atoms with Crippen LogP contribution in [0.3, 0.4) is 0 Å². The summed E-state index contributed by atoms with van der Waals surface area (Å²) in [6.07, 6.45) is 8.93. The second-order valence-electron chi connectivity index (χ2n) is 14.4. The average molecular weight is 594 g/mol. The topological polar surface area (TPSA) is 86.8 Å². The Morgan fingerprint density at radius 3 is 2.05 bits per heavy atom. The molecule has 4 bridgehead atoms. The Labute approximate surface area is 252 Å². The predicted molar refractivity (Wildman–Crippen MR) is 168 cm³/mol. The first-order valence-electron chi connectivity index (χ1n) is 15.4. The second kappa shape index (κ2) is 11.3. The highest BCUT2D eigenvalue weighted by Gasteiger charge is 2.51. The third kappa shape index (κ3) is 6.69. The number of hydrogen-bond donors (Lipinski definition) is 1. The normalized spacial score (nSPS) is 25.6. The lowest BCUT2D eigenvalue weighted by atomic mass is 9.48. The van der Waals surface area contributed by atoms with E-state index in [1.807, 2.05) is 64.1 Å². The number of carbonyl (C=O) groups is 2. The molecule has 0 aromatic heterocycles. The van der Waals surface area contributed by atoms with Crippen LogP contribution in [0.1, 0.15) is 82.9 Å². The predicted octanol–water partition coefficient (Wildman–Crippen LogP) is 5.56. The number of sulfonamides is 1. The van der Waals surface area contributed by atoms with Gasteiger partial charge in [0.2, 0.25) is 21.8 Å². The van der Waals surface area contributed by atoms with Crippen LogP contribution in [-0.4, -0.2) is 49.5 Å². The highest BCUT2D eigenvalue weighted by molar-refractivity contribution is 7.92. The standard InChI is InChI=1S/C34H47N3O4S/c1-23-8-7-9-25(14-23)21-36(24(2)32(39)35-33(3,4)5)31(38)22-37(42(6,40)41)30-12-10-29(11-13-30)34-18-26-15-27(19-34)17-28(16-26)20-34/h7-14,24,26-28H,15-22H2,1-6H3,(H,35,39)/t24-,26?,27?,28?,34?/m1/s1. The molecule has 0 spiro atoms. The van der Waals surface area contributed by atoms with Crippen molar-refractivity contribution < 1.29 is 18.0 Å². The van der Waals surface area contributed by atoms with Gasteiger partial charge < -0.3 is 10.2 Å². The fourth-order valence-electron chi connectivity index (χ4n) is 8.12. The first-order valence-corrected chi connectivity index (χ1v) is 17.2. The van der Waals surface area contributed by atoms with Crippen LogP contribution in [0.15, 0.2) is 48.5 Å². The van der Waals surface area contributed by atoms with Crippen molar-refractivity contribution in [2.45, 2.75) is 96.7 Å². The third-order valence-electron chi connectivity index (χ3n) is 9.59. The van der Waals surface area contributed by atoms with Gasteiger partial charge in [0.1, 0.15) is 12.6 Å². The first-order chi connectivity index (χ1) is 19.6. The van der Waals surface area contributed by atoms with Gasteiger partial charge in [0.25, 0.3) is 0 Å². The van der Waals surface area contributed by atoms with E-state index in [-0.39, 0.29) is 24.4 Å². The molecule has 2 amide bonds. The lowest BCUT2D eigenvalue weighted by molar-refractivity contribution is -0.140. The van der Waals surface area contributed by atoms with Crippen molar-refractivity contribution in [1.29, 1.82) is 0 Å². The fraction of sp³-hybridized carbons (Fsp3) is 0.588. The molecule has 0 radical (unpaired) electrons. The van der Waals surface area contributed by atoms with E-state index in [0.717, 1.165) is 35.1 Å². The minimum absolute atomic E-state index is 0.196. The van der Waals surface area contributed by atoms with Crippen molar-refractivity contribution in [2.75, 3.05) is 17.1 Å². The highest BCUT2D eigenvalue weighted by Crippen LogP contribution is 2.60. The van der Waals surface area contributed by atoms with Crippen LogP contribution in [0.4, 0.5) is 5.69 Å². The van der Waals surface area contributed by atoms with Gasteiger partial charge in [0, 0.05) is 12.1 Å². The largest absolute Gasteiger partial charge is 0.350 e. The summed E-state index contributed by atoms with van der Waals surface area (Å²) in [7, 11) is -3.77. The minimum Gasteiger partial charge on any atom is -0.350 e. The van der Waals surface area contributed by atoms with Crippen LogP contribution in [0.25, 0.3) is 0 Å². The quantitative estimate of drug-likeness (QED) is 0.413. The molecule has 8 heteroatoms. The molecule has 6 rings (SSSR count). The van der Waals surface area contributed by atoms with Crippen LogP contribution in [0.5, 0.6) is 0 Å². The molecule has 1 atom stereocenters. The van der Waals surface area contributed by atoms with Crippen LogP contribution in [0.2, 0.25) is 0 Å². The maximum absolute atomic E-state index is 13.9. The van der Waals surface area contributed by atoms with Crippen molar-refractivity contribution in [3.63, 3.8) is 0 Å². The number of benzene rings is 2. The molecule has 0 unspecified atom stereocenters. The van der Waals surface area contributed by atoms with Crippen molar-refractivity contribution >= 4 is 27.5 Å². The second-order valence-corrected chi connectivity index (χ2v) is 16.3. The average Bonchev–Trinajstić information content (AvgIpc) is 2.87. The highest BCUT2D eigenvalue weighted by atomic mass is 32.2. The summed E-state index contributed by atoms with van der Waals surface area (Å²) in [5.41, 5.74) is 3.44. The number of nitrogens with one attached hydrogen (secondary N) is 1. The fourth-order valence-corrected chi connectivity index (χ4v) is 8.97. The SMILES string of the molecule is Cc1cccc(CN(C(=O)CN(c2ccc(C34CC5CC(CC(C5)C3)C4)cc2)S(C)(=O)=O)[C@H](C)C(=O)NC(C)(C)C)c1. The first kappa shape index (κ1) is 30.6. The molecule has 4 aliphatic carbocycles. The van der Waals surface area contributed by atoms with Crippen molar-refractivity contribution in [3.8, 4) is 0 Å². The van der Waals surface area contributed by atoms with Crippen LogP contribution < -0.4 is 9.62 Å². The van der Waals surface area contributed by atoms with E-state index in [1.165, 1.54) is 53.3 Å². The summed E-state index contributed by atoms with van der Waals surface area (Å²) >= 11 is 0. The molecule has 4 aliphatic rings. The number of anilines is 1. The van der Waals surface area contributed by atoms with Crippen molar-refractivity contribution in [1.82, 2.24) is 10.2 Å². The van der Waals surface area contributed by atoms with Gasteiger partial charge in [-0.05, 0) is 120 Å². The van der Waals surface area contributed by atoms with Gasteiger partial charge in [0.05, 0.1) is 11.9 Å². The van der Waals surface area contributed by atoms with Crippen LogP contribution in [0, 0.1) is 24.7 Å². The van der Waals surface area contributed by atoms with E-state index < -0.39 is 27.5 Å². The molecule has 4 saturated carbocycles. The van der Waals surface area contributed by atoms with Crippen molar-refractivity contribution in [2.24, 2.45) is 17.8 Å². The Kier molecular flexibility index (Phi) is 8.25. The Bertz CT molecular complexity index is 1390. The Hall–Kier alpha value is -2.87. The molecular weight excluding hydrogens is 546 g/mol. The van der Waals surface area contributed by atoms with Gasteiger partial charge in [0.15, 0.2) is 0 Å². The lowest BCUT2D eigenvalue weighted by Gasteiger charge is -2.57. The summed E-state index contributed by atoms with van der Waals surface area (Å²) < 4.78 is 27.3. The number of hydrogen-bond acceptors (Lipinski definition) is 4. The number of aryl methyl sites for hydroxylation is 1. The maximum atomic E-state index is 13.9. The van der Waals surface area contributed by atoms with Gasteiger partial charge >= 0.3 is 0 Å². The molecule has 1 N–H and O–H groups in total. The van der Waals surface area contributed by atoms with E-state index in [9.17, 15) is 18.0 Å². The van der Waals surface area contributed by atoms with Gasteiger partial charge in [-0.15, -0.1) is 0 Å². The molecular formula is C34H47N3O4S. The Morgan fingerprint density at radius 1 is 0.976 bits per heavy atom. The zero-order valence-electron chi connectivity index (χ0n) is 26.0. The third-order valence-corrected chi connectivity index (χ3v) is 10.7. The molecule has 0 heterocycles. The molecule has 4 fully saturated rings. The Balaban J connectivity index is 1.39. The molecule has 0 aliphatic heterocycles. The van der Waals surface area contributed by atoms with Crippen LogP contribution in [-0.2, 0) is 31.6 Å². The van der Waals surface area contributed by atoms with E-state index in [0.29, 0.717) is 5.69 Å². The summed E-state index contributed by atoms with van der Waals surface area (Å²) in [5, 5.41) is 2.96. The van der Waals surface area contributed by atoms with Gasteiger partial charge in [-0.25, -0.2) is 8.42 Å². The van der Waals surface area contributed by atoms with E-state index in [1.54, 1.807) is 6.92 Å². The monoisotopic (exact) mass is 593 g/mol. The molecule has 0 saturated heterocycles. The van der Waals surface area contributed by atoms with E-state index >= 15 is 0 Å². The summed E-state index contributed by atoms with van der Waals surface area (Å²) in [6.45, 7) is 9.16. The number of nitrogens with zero attached hydrogens (tertiary/aromatic N) is 2. The summed E-state index contributed by atoms with van der Waals surface area (Å²) in [4.78, 5) is 28.6. The molecule has 2 aromatic rings. The number of carbonyl (C=O) groups excluding carboxylic acids is 2. The summed E-state index contributed by atoms with van der Waals surface area (Å²) in [5.74, 6) is 1.74. The Morgan fingerprint density at radius 2 is 1.55 bits per heavy atom. The molecule has 7 nitrogen and oxygen atoms in total. The maximum Gasteiger partial charge on any atom is 0.244 e. The number of amides is 2. The van der Waals surface area contributed by atoms with Gasteiger partial charge in [-0.1, -0.05) is 42.0 Å².